The van der Waals surface area contributed by atoms with Crippen molar-refractivity contribution in [3.8, 4) is 0 Å². The number of aliphatic carboxylic acids is 1. The molecule has 1 aliphatic heterocycles. The number of anilines is 1. The third-order valence-corrected chi connectivity index (χ3v) is 4.41. The molecule has 21 heavy (non-hydrogen) atoms. The molecule has 1 N–H and O–H groups in total. The van der Waals surface area contributed by atoms with Crippen molar-refractivity contribution in [2.75, 3.05) is 23.6 Å². The molecule has 1 aliphatic rings. The first-order chi connectivity index (χ1) is 9.93. The Hall–Kier alpha value is -2.02. The Kier molecular flexibility index (Phi) is 4.52. The third-order valence-electron chi connectivity index (χ3n) is 3.40. The first-order valence-corrected chi connectivity index (χ1v) is 7.53. The van der Waals surface area contributed by atoms with Gasteiger partial charge in [0.15, 0.2) is 0 Å². The zero-order valence-corrected chi connectivity index (χ0v) is 12.6. The van der Waals surface area contributed by atoms with Crippen molar-refractivity contribution in [3.63, 3.8) is 0 Å². The quantitative estimate of drug-likeness (QED) is 0.910. The zero-order valence-electron chi connectivity index (χ0n) is 11.8. The molecular weight excluding hydrogens is 292 g/mol. The lowest BCUT2D eigenvalue weighted by molar-refractivity contribution is -0.140. The molecular formula is C14H16N2O4S. The molecule has 1 saturated heterocycles. The Bertz CT molecular complexity index is 590. The van der Waals surface area contributed by atoms with Gasteiger partial charge in [-0.2, -0.15) is 0 Å². The van der Waals surface area contributed by atoms with Gasteiger partial charge in [0.2, 0.25) is 5.91 Å². The predicted molar refractivity (Wildman–Crippen MR) is 80.4 cm³/mol. The van der Waals surface area contributed by atoms with E-state index in [2.05, 4.69) is 0 Å². The lowest BCUT2D eigenvalue weighted by Gasteiger charge is -2.24. The summed E-state index contributed by atoms with van der Waals surface area (Å²) in [6, 6.07) is 5.90. The molecule has 0 aliphatic carbocycles. The van der Waals surface area contributed by atoms with Gasteiger partial charge in [0.05, 0.1) is 17.1 Å². The molecule has 7 heteroatoms. The van der Waals surface area contributed by atoms with Gasteiger partial charge in [0.1, 0.15) is 6.04 Å². The molecule has 1 fully saturated rings. The van der Waals surface area contributed by atoms with Crippen LogP contribution >= 0.6 is 11.8 Å². The van der Waals surface area contributed by atoms with Gasteiger partial charge in [-0.15, -0.1) is 11.8 Å². The van der Waals surface area contributed by atoms with Crippen molar-refractivity contribution in [1.82, 2.24) is 4.90 Å². The van der Waals surface area contributed by atoms with Crippen LogP contribution in [0.5, 0.6) is 0 Å². The van der Waals surface area contributed by atoms with Gasteiger partial charge in [0.25, 0.3) is 5.91 Å². The number of hydrogen-bond acceptors (Lipinski definition) is 4. The summed E-state index contributed by atoms with van der Waals surface area (Å²) in [5.74, 6) is -0.845. The van der Waals surface area contributed by atoms with Crippen LogP contribution in [0, 0.1) is 0 Å². The van der Waals surface area contributed by atoms with E-state index in [4.69, 9.17) is 0 Å². The van der Waals surface area contributed by atoms with Gasteiger partial charge in [0, 0.05) is 19.7 Å². The van der Waals surface area contributed by atoms with E-state index in [9.17, 15) is 19.5 Å². The van der Waals surface area contributed by atoms with Crippen LogP contribution in [0.3, 0.4) is 0 Å². The number of carbonyl (C=O) groups excluding carboxylic acids is 2. The highest BCUT2D eigenvalue weighted by Gasteiger charge is 2.36. The highest BCUT2D eigenvalue weighted by atomic mass is 32.2. The standard InChI is InChI=1S/C14H16N2O4S/c1-9(17)15(2)11-6-4-3-5-10(11)13(18)16-8-21-7-12(16)14(19)20/h3-6,12H,7-8H2,1-2H3,(H,19,20). The number of carbonyl (C=O) groups is 3. The number of hydrogen-bond donors (Lipinski definition) is 1. The lowest BCUT2D eigenvalue weighted by atomic mass is 10.1. The maximum absolute atomic E-state index is 12.6. The van der Waals surface area contributed by atoms with Crippen molar-refractivity contribution < 1.29 is 19.5 Å². The minimum absolute atomic E-state index is 0.194. The second kappa shape index (κ2) is 6.17. The van der Waals surface area contributed by atoms with Crippen molar-refractivity contribution in [3.05, 3.63) is 29.8 Å². The molecule has 1 unspecified atom stereocenters. The molecule has 6 nitrogen and oxygen atoms in total. The normalized spacial score (nSPS) is 17.6. The van der Waals surface area contributed by atoms with Gasteiger partial charge in [-0.05, 0) is 12.1 Å². The SMILES string of the molecule is CC(=O)N(C)c1ccccc1C(=O)N1CSCC1C(=O)O. The van der Waals surface area contributed by atoms with Gasteiger partial charge in [-0.3, -0.25) is 9.59 Å². The number of para-hydroxylation sites is 1. The molecule has 1 atom stereocenters. The Morgan fingerprint density at radius 3 is 2.62 bits per heavy atom. The Morgan fingerprint density at radius 1 is 1.33 bits per heavy atom. The molecule has 1 heterocycles. The maximum Gasteiger partial charge on any atom is 0.327 e. The summed E-state index contributed by atoms with van der Waals surface area (Å²) in [5, 5.41) is 9.17. The average molecular weight is 308 g/mol. The molecule has 0 spiro atoms. The number of benzene rings is 1. The van der Waals surface area contributed by atoms with E-state index >= 15 is 0 Å². The van der Waals surface area contributed by atoms with E-state index < -0.39 is 12.0 Å². The van der Waals surface area contributed by atoms with Gasteiger partial charge < -0.3 is 14.9 Å². The molecule has 0 bridgehead atoms. The second-order valence-electron chi connectivity index (χ2n) is 4.72. The lowest BCUT2D eigenvalue weighted by Crippen LogP contribution is -2.42. The van der Waals surface area contributed by atoms with Gasteiger partial charge in [-0.1, -0.05) is 12.1 Å². The highest BCUT2D eigenvalue weighted by Crippen LogP contribution is 2.27. The van der Waals surface area contributed by atoms with Crippen LogP contribution in [-0.2, 0) is 9.59 Å². The maximum atomic E-state index is 12.6. The van der Waals surface area contributed by atoms with E-state index in [0.29, 0.717) is 22.9 Å². The summed E-state index contributed by atoms with van der Waals surface area (Å²) in [5.41, 5.74) is 0.819. The van der Waals surface area contributed by atoms with Gasteiger partial charge >= 0.3 is 5.97 Å². The number of carboxylic acid groups (broad SMARTS) is 1. The molecule has 0 radical (unpaired) electrons. The number of nitrogens with zero attached hydrogens (tertiary/aromatic N) is 2. The van der Waals surface area contributed by atoms with E-state index in [-0.39, 0.29) is 11.8 Å². The minimum Gasteiger partial charge on any atom is -0.480 e. The van der Waals surface area contributed by atoms with Crippen LogP contribution in [0.25, 0.3) is 0 Å². The first-order valence-electron chi connectivity index (χ1n) is 6.38. The predicted octanol–water partition coefficient (Wildman–Crippen LogP) is 1.27. The number of rotatable bonds is 3. The molecule has 1 aromatic carbocycles. The Balaban J connectivity index is 2.36. The highest BCUT2D eigenvalue weighted by molar-refractivity contribution is 7.99. The summed E-state index contributed by atoms with van der Waals surface area (Å²) in [4.78, 5) is 38.1. The minimum atomic E-state index is -1.01. The van der Waals surface area contributed by atoms with Crippen LogP contribution in [-0.4, -0.2) is 52.5 Å². The summed E-state index contributed by atoms with van der Waals surface area (Å²) in [7, 11) is 1.59. The summed E-state index contributed by atoms with van der Waals surface area (Å²) >= 11 is 1.41. The van der Waals surface area contributed by atoms with Crippen LogP contribution in [0.4, 0.5) is 5.69 Å². The Labute approximate surface area is 126 Å². The topological polar surface area (TPSA) is 77.9 Å². The van der Waals surface area contributed by atoms with E-state index in [1.54, 1.807) is 31.3 Å². The first kappa shape index (κ1) is 15.4. The van der Waals surface area contributed by atoms with Crippen molar-refractivity contribution in [2.24, 2.45) is 0 Å². The fourth-order valence-electron chi connectivity index (χ4n) is 2.12. The van der Waals surface area contributed by atoms with E-state index in [1.165, 1.54) is 28.5 Å². The molecule has 0 aromatic heterocycles. The van der Waals surface area contributed by atoms with Crippen molar-refractivity contribution >= 4 is 35.2 Å². The smallest absolute Gasteiger partial charge is 0.327 e. The fraction of sp³-hybridized carbons (Fsp3) is 0.357. The van der Waals surface area contributed by atoms with Crippen LogP contribution < -0.4 is 4.90 Å². The third kappa shape index (κ3) is 3.02. The van der Waals surface area contributed by atoms with Crippen molar-refractivity contribution in [2.45, 2.75) is 13.0 Å². The van der Waals surface area contributed by atoms with Crippen LogP contribution in [0.2, 0.25) is 0 Å². The monoisotopic (exact) mass is 308 g/mol. The Morgan fingerprint density at radius 2 is 2.00 bits per heavy atom. The fourth-order valence-corrected chi connectivity index (χ4v) is 3.26. The summed E-state index contributed by atoms with van der Waals surface area (Å²) in [6.07, 6.45) is 0. The summed E-state index contributed by atoms with van der Waals surface area (Å²) < 4.78 is 0. The molecule has 2 amide bonds. The largest absolute Gasteiger partial charge is 0.480 e. The molecule has 0 saturated carbocycles. The zero-order chi connectivity index (χ0) is 15.6. The average Bonchev–Trinajstić information content (AvgIpc) is 2.95. The molecule has 2 rings (SSSR count). The van der Waals surface area contributed by atoms with E-state index in [1.807, 2.05) is 0 Å². The number of carboxylic acids is 1. The van der Waals surface area contributed by atoms with Crippen molar-refractivity contribution in [1.29, 1.82) is 0 Å². The second-order valence-corrected chi connectivity index (χ2v) is 5.72. The number of thioether (sulfide) groups is 1. The van der Waals surface area contributed by atoms with Crippen LogP contribution in [0.1, 0.15) is 17.3 Å². The molecule has 112 valence electrons. The summed E-state index contributed by atoms with van der Waals surface area (Å²) in [6.45, 7) is 1.41. The number of amides is 2. The molecule has 1 aromatic rings. The van der Waals surface area contributed by atoms with Crippen LogP contribution in [0.15, 0.2) is 24.3 Å². The van der Waals surface area contributed by atoms with E-state index in [0.717, 1.165) is 0 Å². The van der Waals surface area contributed by atoms with Gasteiger partial charge in [-0.25, -0.2) is 4.79 Å².